The van der Waals surface area contributed by atoms with Crippen molar-refractivity contribution in [2.45, 2.75) is 26.3 Å². The molecule has 1 aromatic heterocycles. The minimum Gasteiger partial charge on any atom is -0.490 e. The molecule has 0 saturated carbocycles. The largest absolute Gasteiger partial charge is 0.490 e. The second-order valence-electron chi connectivity index (χ2n) is 6.07. The van der Waals surface area contributed by atoms with Crippen LogP contribution in [0.4, 0.5) is 0 Å². The Bertz CT molecular complexity index is 967. The Morgan fingerprint density at radius 1 is 1.00 bits per heavy atom. The number of carbonyl (C=O) groups excluding carboxylic acids is 1. The van der Waals surface area contributed by atoms with Crippen LogP contribution in [-0.2, 0) is 11.3 Å². The molecule has 0 aliphatic rings. The molecule has 0 aliphatic carbocycles. The summed E-state index contributed by atoms with van der Waals surface area (Å²) in [6.45, 7) is 2.84. The lowest BCUT2D eigenvalue weighted by Gasteiger charge is -2.11. The van der Waals surface area contributed by atoms with E-state index in [9.17, 15) is 9.59 Å². The van der Waals surface area contributed by atoms with Crippen LogP contribution in [0.5, 0.6) is 5.75 Å². The molecular formula is C21H22N2O4. The highest BCUT2D eigenvalue weighted by atomic mass is 16.6. The molecule has 0 radical (unpaired) electrons. The monoisotopic (exact) mass is 366 g/mol. The molecule has 3 rings (SSSR count). The molecule has 0 atom stereocenters. The molecule has 0 unspecified atom stereocenters. The van der Waals surface area contributed by atoms with Crippen LogP contribution in [0.25, 0.3) is 10.8 Å². The highest BCUT2D eigenvalue weighted by Gasteiger charge is 2.17. The lowest BCUT2D eigenvalue weighted by Crippen LogP contribution is -2.27. The molecule has 0 N–H and O–H groups in total. The van der Waals surface area contributed by atoms with Crippen molar-refractivity contribution in [1.29, 1.82) is 0 Å². The summed E-state index contributed by atoms with van der Waals surface area (Å²) in [5.74, 6) is 0.151. The molecule has 0 bridgehead atoms. The topological polar surface area (TPSA) is 70.4 Å². The Balaban J connectivity index is 1.75. The van der Waals surface area contributed by atoms with E-state index >= 15 is 0 Å². The molecular weight excluding hydrogens is 344 g/mol. The van der Waals surface area contributed by atoms with Gasteiger partial charge in [-0.2, -0.15) is 5.10 Å². The Morgan fingerprint density at radius 3 is 2.44 bits per heavy atom. The number of para-hydroxylation sites is 1. The van der Waals surface area contributed by atoms with E-state index in [4.69, 9.17) is 9.47 Å². The maximum absolute atomic E-state index is 12.6. The van der Waals surface area contributed by atoms with Crippen molar-refractivity contribution in [2.75, 3.05) is 13.2 Å². The van der Waals surface area contributed by atoms with Crippen LogP contribution in [0.15, 0.2) is 59.4 Å². The second kappa shape index (κ2) is 8.98. The van der Waals surface area contributed by atoms with E-state index in [0.717, 1.165) is 12.8 Å². The Hall–Kier alpha value is -3.15. The highest BCUT2D eigenvalue weighted by molar-refractivity contribution is 6.02. The summed E-state index contributed by atoms with van der Waals surface area (Å²) in [4.78, 5) is 25.1. The number of unbranched alkanes of at least 4 members (excludes halogenated alkanes) is 1. The van der Waals surface area contributed by atoms with Crippen LogP contribution in [0, 0.1) is 0 Å². The van der Waals surface area contributed by atoms with Crippen molar-refractivity contribution >= 4 is 16.7 Å². The second-order valence-corrected chi connectivity index (χ2v) is 6.07. The molecule has 27 heavy (non-hydrogen) atoms. The molecule has 0 aliphatic heterocycles. The van der Waals surface area contributed by atoms with Gasteiger partial charge in [-0.05, 0) is 24.6 Å². The Labute approximate surface area is 157 Å². The first-order valence-electron chi connectivity index (χ1n) is 9.05. The number of esters is 1. The fourth-order valence-electron chi connectivity index (χ4n) is 2.72. The van der Waals surface area contributed by atoms with Crippen LogP contribution >= 0.6 is 0 Å². The van der Waals surface area contributed by atoms with Crippen molar-refractivity contribution in [2.24, 2.45) is 0 Å². The number of aryl methyl sites for hydroxylation is 1. The average molecular weight is 366 g/mol. The number of nitrogens with zero attached hydrogens (tertiary/aromatic N) is 2. The number of aromatic nitrogens is 2. The number of ether oxygens (including phenoxy) is 2. The number of rotatable bonds is 8. The fraction of sp³-hybridized carbons (Fsp3) is 0.286. The quantitative estimate of drug-likeness (QED) is 0.451. The van der Waals surface area contributed by atoms with E-state index < -0.39 is 5.97 Å². The Kier molecular flexibility index (Phi) is 6.20. The van der Waals surface area contributed by atoms with E-state index in [1.54, 1.807) is 24.3 Å². The van der Waals surface area contributed by atoms with Gasteiger partial charge in [0.2, 0.25) is 0 Å². The molecule has 0 amide bonds. The molecule has 0 fully saturated rings. The van der Waals surface area contributed by atoms with Crippen molar-refractivity contribution in [1.82, 2.24) is 9.78 Å². The van der Waals surface area contributed by atoms with E-state index in [-0.39, 0.29) is 24.5 Å². The van der Waals surface area contributed by atoms with Gasteiger partial charge in [-0.3, -0.25) is 4.79 Å². The van der Waals surface area contributed by atoms with E-state index in [2.05, 4.69) is 5.10 Å². The van der Waals surface area contributed by atoms with Crippen LogP contribution < -0.4 is 10.3 Å². The Morgan fingerprint density at radius 2 is 1.70 bits per heavy atom. The van der Waals surface area contributed by atoms with Crippen molar-refractivity contribution in [3.8, 4) is 5.75 Å². The SMILES string of the molecule is CCCCn1nc(C(=O)OCCOc2ccccc2)c2ccccc2c1=O. The zero-order chi connectivity index (χ0) is 19.1. The zero-order valence-electron chi connectivity index (χ0n) is 15.3. The van der Waals surface area contributed by atoms with Gasteiger partial charge in [-0.15, -0.1) is 0 Å². The summed E-state index contributed by atoms with van der Waals surface area (Å²) in [6, 6.07) is 16.3. The van der Waals surface area contributed by atoms with Crippen LogP contribution in [-0.4, -0.2) is 29.0 Å². The van der Waals surface area contributed by atoms with Gasteiger partial charge in [0.05, 0.1) is 5.39 Å². The number of benzene rings is 2. The van der Waals surface area contributed by atoms with Crippen molar-refractivity contribution < 1.29 is 14.3 Å². The normalized spacial score (nSPS) is 10.7. The van der Waals surface area contributed by atoms with Gasteiger partial charge < -0.3 is 9.47 Å². The van der Waals surface area contributed by atoms with E-state index in [1.807, 2.05) is 37.3 Å². The summed E-state index contributed by atoms with van der Waals surface area (Å²) in [5, 5.41) is 5.24. The summed E-state index contributed by atoms with van der Waals surface area (Å²) in [5.41, 5.74) is -0.0379. The predicted molar refractivity (Wildman–Crippen MR) is 103 cm³/mol. The van der Waals surface area contributed by atoms with E-state index in [0.29, 0.717) is 23.1 Å². The van der Waals surface area contributed by atoms with Gasteiger partial charge in [0.15, 0.2) is 5.69 Å². The average Bonchev–Trinajstić information content (AvgIpc) is 2.71. The van der Waals surface area contributed by atoms with Gasteiger partial charge >= 0.3 is 5.97 Å². The third-order valence-electron chi connectivity index (χ3n) is 4.11. The molecule has 2 aromatic carbocycles. The van der Waals surface area contributed by atoms with Crippen molar-refractivity contribution in [3.63, 3.8) is 0 Å². The van der Waals surface area contributed by atoms with Gasteiger partial charge in [0.1, 0.15) is 19.0 Å². The standard InChI is InChI=1S/C21H22N2O4/c1-2-3-13-23-20(24)18-12-8-7-11-17(18)19(22-23)21(25)27-15-14-26-16-9-5-4-6-10-16/h4-12H,2-3,13-15H2,1H3. The molecule has 0 saturated heterocycles. The maximum Gasteiger partial charge on any atom is 0.359 e. The number of hydrogen-bond acceptors (Lipinski definition) is 5. The summed E-state index contributed by atoms with van der Waals surface area (Å²) in [7, 11) is 0. The van der Waals surface area contributed by atoms with Crippen LogP contribution in [0.1, 0.15) is 30.3 Å². The molecule has 140 valence electrons. The van der Waals surface area contributed by atoms with Gasteiger partial charge in [-0.1, -0.05) is 49.7 Å². The fourth-order valence-corrected chi connectivity index (χ4v) is 2.72. The predicted octanol–water partition coefficient (Wildman–Crippen LogP) is 3.43. The number of hydrogen-bond donors (Lipinski definition) is 0. The van der Waals surface area contributed by atoms with Crippen molar-refractivity contribution in [3.05, 3.63) is 70.6 Å². The van der Waals surface area contributed by atoms with Gasteiger partial charge in [-0.25, -0.2) is 9.48 Å². The van der Waals surface area contributed by atoms with Crippen LogP contribution in [0.2, 0.25) is 0 Å². The summed E-state index contributed by atoms with van der Waals surface area (Å²) in [6.07, 6.45) is 1.74. The molecule has 0 spiro atoms. The van der Waals surface area contributed by atoms with E-state index in [1.165, 1.54) is 4.68 Å². The van der Waals surface area contributed by atoms with Crippen LogP contribution in [0.3, 0.4) is 0 Å². The molecule has 3 aromatic rings. The third-order valence-corrected chi connectivity index (χ3v) is 4.11. The minimum absolute atomic E-state index is 0.0951. The smallest absolute Gasteiger partial charge is 0.359 e. The summed E-state index contributed by atoms with van der Waals surface area (Å²) >= 11 is 0. The van der Waals surface area contributed by atoms with Gasteiger partial charge in [0, 0.05) is 11.9 Å². The number of carbonyl (C=O) groups is 1. The molecule has 1 heterocycles. The third kappa shape index (κ3) is 4.53. The lowest BCUT2D eigenvalue weighted by molar-refractivity contribution is 0.0443. The summed E-state index contributed by atoms with van der Waals surface area (Å²) < 4.78 is 12.2. The maximum atomic E-state index is 12.6. The molecule has 6 heteroatoms. The minimum atomic E-state index is -0.562. The first-order chi connectivity index (χ1) is 13.2. The number of fused-ring (bicyclic) bond motifs is 1. The zero-order valence-corrected chi connectivity index (χ0v) is 15.3. The van der Waals surface area contributed by atoms with Gasteiger partial charge in [0.25, 0.3) is 5.56 Å². The molecule has 6 nitrogen and oxygen atoms in total. The highest BCUT2D eigenvalue weighted by Crippen LogP contribution is 2.15. The first-order valence-corrected chi connectivity index (χ1v) is 9.05. The lowest BCUT2D eigenvalue weighted by atomic mass is 10.1. The first kappa shape index (κ1) is 18.6.